The third kappa shape index (κ3) is 3.83. The van der Waals surface area contributed by atoms with Gasteiger partial charge in [-0.3, -0.25) is 9.78 Å². The van der Waals surface area contributed by atoms with Crippen LogP contribution in [0.3, 0.4) is 0 Å². The van der Waals surface area contributed by atoms with Gasteiger partial charge in [0.15, 0.2) is 5.75 Å². The molecule has 0 heterocycles. The van der Waals surface area contributed by atoms with Gasteiger partial charge in [-0.2, -0.15) is 0 Å². The van der Waals surface area contributed by atoms with Crippen molar-refractivity contribution >= 4 is 18.4 Å². The van der Waals surface area contributed by atoms with Gasteiger partial charge in [0, 0.05) is 6.92 Å². The second kappa shape index (κ2) is 5.43. The monoisotopic (exact) mass is 188 g/mol. The molecule has 4 heteroatoms. The molecular weight excluding hydrogens is 180 g/mol. The van der Waals surface area contributed by atoms with E-state index in [1.54, 1.807) is 24.3 Å². The molecule has 0 bridgehead atoms. The minimum atomic E-state index is -0.464. The van der Waals surface area contributed by atoms with Crippen molar-refractivity contribution in [2.24, 2.45) is 0 Å². The minimum absolute atomic E-state index is 0. The molecule has 0 amide bonds. The molecule has 0 atom stereocenters. The molecule has 3 nitrogen and oxygen atoms in total. The van der Waals surface area contributed by atoms with Crippen LogP contribution in [0.1, 0.15) is 6.92 Å². The number of hydrogen-bond acceptors (Lipinski definition) is 3. The second-order valence-corrected chi connectivity index (χ2v) is 1.97. The average molecular weight is 189 g/mol. The number of halogens is 1. The molecule has 0 saturated heterocycles. The predicted molar refractivity (Wildman–Crippen MR) is 46.1 cm³/mol. The van der Waals surface area contributed by atoms with Crippen molar-refractivity contribution < 1.29 is 14.6 Å². The van der Waals surface area contributed by atoms with Gasteiger partial charge in [-0.15, -0.1) is 12.4 Å². The van der Waals surface area contributed by atoms with Crippen molar-refractivity contribution in [2.75, 3.05) is 0 Å². The van der Waals surface area contributed by atoms with E-state index in [-0.39, 0.29) is 12.4 Å². The van der Waals surface area contributed by atoms with E-state index in [1.807, 2.05) is 6.07 Å². The van der Waals surface area contributed by atoms with Crippen molar-refractivity contribution in [1.82, 2.24) is 0 Å². The highest BCUT2D eigenvalue weighted by Gasteiger charge is 1.94. The molecule has 1 aromatic carbocycles. The lowest BCUT2D eigenvalue weighted by molar-refractivity contribution is -0.210. The van der Waals surface area contributed by atoms with Crippen molar-refractivity contribution in [2.45, 2.75) is 6.92 Å². The van der Waals surface area contributed by atoms with Crippen LogP contribution in [0.25, 0.3) is 0 Å². The van der Waals surface area contributed by atoms with Gasteiger partial charge in [-0.1, -0.05) is 18.2 Å². The Morgan fingerprint density at radius 2 is 1.83 bits per heavy atom. The van der Waals surface area contributed by atoms with Gasteiger partial charge in [0.1, 0.15) is 0 Å². The van der Waals surface area contributed by atoms with Crippen LogP contribution in [0.4, 0.5) is 0 Å². The van der Waals surface area contributed by atoms with Gasteiger partial charge >= 0.3 is 5.97 Å². The van der Waals surface area contributed by atoms with Crippen molar-refractivity contribution in [3.63, 3.8) is 0 Å². The molecule has 1 aromatic rings. The first kappa shape index (κ1) is 10.8. The molecule has 0 aliphatic heterocycles. The van der Waals surface area contributed by atoms with Gasteiger partial charge in [-0.25, -0.2) is 4.79 Å². The number of hydrogen-bond donors (Lipinski definition) is 0. The fraction of sp³-hybridized carbons (Fsp3) is 0.125. The van der Waals surface area contributed by atoms with Crippen molar-refractivity contribution in [1.29, 1.82) is 0 Å². The summed E-state index contributed by atoms with van der Waals surface area (Å²) in [5.74, 6) is 0.0524. The molecule has 0 saturated carbocycles. The molecule has 0 aliphatic carbocycles. The number of carbonyl (C=O) groups excluding carboxylic acids is 1. The zero-order chi connectivity index (χ0) is 8.10. The lowest BCUT2D eigenvalue weighted by Crippen LogP contribution is -2.02. The molecule has 0 unspecified atom stereocenters. The normalized spacial score (nSPS) is 8.08. The van der Waals surface area contributed by atoms with Gasteiger partial charge < -0.3 is 0 Å². The summed E-state index contributed by atoms with van der Waals surface area (Å²) in [6.07, 6.45) is 0. The Bertz CT molecular complexity index is 235. The highest BCUT2D eigenvalue weighted by molar-refractivity contribution is 5.85. The zero-order valence-electron chi connectivity index (χ0n) is 6.52. The zero-order valence-corrected chi connectivity index (χ0v) is 7.34. The van der Waals surface area contributed by atoms with E-state index in [0.29, 0.717) is 5.75 Å². The molecule has 0 fully saturated rings. The third-order valence-electron chi connectivity index (χ3n) is 0.998. The van der Waals surface area contributed by atoms with Gasteiger partial charge in [0.2, 0.25) is 0 Å². The lowest BCUT2D eigenvalue weighted by atomic mass is 10.3. The molecule has 0 aliphatic rings. The standard InChI is InChI=1S/C8H8O3.ClH/c1-7(9)10-11-8-5-3-2-4-6-8;/h2-6H,1H3;1H. The van der Waals surface area contributed by atoms with Gasteiger partial charge in [-0.05, 0) is 12.1 Å². The summed E-state index contributed by atoms with van der Waals surface area (Å²) in [4.78, 5) is 19.2. The first-order valence-corrected chi connectivity index (χ1v) is 3.19. The average Bonchev–Trinajstić information content (AvgIpc) is 2.03. The topological polar surface area (TPSA) is 35.5 Å². The largest absolute Gasteiger partial charge is 0.352 e. The van der Waals surface area contributed by atoms with E-state index in [9.17, 15) is 4.79 Å². The van der Waals surface area contributed by atoms with E-state index in [4.69, 9.17) is 0 Å². The molecule has 0 spiro atoms. The number of rotatable bonds is 2. The number of benzene rings is 1. The molecule has 0 aromatic heterocycles. The maximum Gasteiger partial charge on any atom is 0.352 e. The first-order chi connectivity index (χ1) is 5.29. The Morgan fingerprint density at radius 1 is 1.25 bits per heavy atom. The Kier molecular flexibility index (Phi) is 4.88. The van der Waals surface area contributed by atoms with Crippen LogP contribution >= 0.6 is 12.4 Å². The molecule has 12 heavy (non-hydrogen) atoms. The van der Waals surface area contributed by atoms with E-state index >= 15 is 0 Å². The van der Waals surface area contributed by atoms with Crippen LogP contribution < -0.4 is 4.89 Å². The van der Waals surface area contributed by atoms with Crippen LogP contribution in [0.15, 0.2) is 30.3 Å². The predicted octanol–water partition coefficient (Wildman–Crippen LogP) is 1.97. The quantitative estimate of drug-likeness (QED) is 0.526. The van der Waals surface area contributed by atoms with Crippen molar-refractivity contribution in [3.8, 4) is 5.75 Å². The fourth-order valence-corrected chi connectivity index (χ4v) is 0.583. The van der Waals surface area contributed by atoms with E-state index in [1.165, 1.54) is 6.92 Å². The van der Waals surface area contributed by atoms with E-state index < -0.39 is 5.97 Å². The van der Waals surface area contributed by atoms with Crippen LogP contribution in [-0.4, -0.2) is 5.97 Å². The highest BCUT2D eigenvalue weighted by Crippen LogP contribution is 2.07. The summed E-state index contributed by atoms with van der Waals surface area (Å²) in [6, 6.07) is 8.82. The van der Waals surface area contributed by atoms with Crippen LogP contribution in [0.2, 0.25) is 0 Å². The maximum absolute atomic E-state index is 10.3. The summed E-state index contributed by atoms with van der Waals surface area (Å²) in [5, 5.41) is 0. The number of para-hydroxylation sites is 1. The molecule has 0 N–H and O–H groups in total. The van der Waals surface area contributed by atoms with E-state index in [0.717, 1.165) is 0 Å². The Balaban J connectivity index is 0.00000121. The molecule has 66 valence electrons. The molecular formula is C8H9ClO3. The van der Waals surface area contributed by atoms with Crippen molar-refractivity contribution in [3.05, 3.63) is 30.3 Å². The van der Waals surface area contributed by atoms with Crippen LogP contribution in [0, 0.1) is 0 Å². The summed E-state index contributed by atoms with van der Waals surface area (Å²) in [6.45, 7) is 1.28. The smallest absolute Gasteiger partial charge is 0.287 e. The lowest BCUT2D eigenvalue weighted by Gasteiger charge is -1.99. The maximum atomic E-state index is 10.3. The highest BCUT2D eigenvalue weighted by atomic mass is 35.5. The molecule has 1 rings (SSSR count). The SMILES string of the molecule is CC(=O)OOc1ccccc1.Cl. The Morgan fingerprint density at radius 3 is 2.33 bits per heavy atom. The third-order valence-corrected chi connectivity index (χ3v) is 0.998. The van der Waals surface area contributed by atoms with E-state index in [2.05, 4.69) is 9.78 Å². The summed E-state index contributed by atoms with van der Waals surface area (Å²) >= 11 is 0. The van der Waals surface area contributed by atoms with Crippen LogP contribution in [0.5, 0.6) is 5.75 Å². The van der Waals surface area contributed by atoms with Gasteiger partial charge in [0.05, 0.1) is 0 Å². The number of carbonyl (C=O) groups is 1. The summed E-state index contributed by atoms with van der Waals surface area (Å²) < 4.78 is 0. The summed E-state index contributed by atoms with van der Waals surface area (Å²) in [5.41, 5.74) is 0. The van der Waals surface area contributed by atoms with Gasteiger partial charge in [0.25, 0.3) is 0 Å². The first-order valence-electron chi connectivity index (χ1n) is 3.19. The summed E-state index contributed by atoms with van der Waals surface area (Å²) in [7, 11) is 0. The minimum Gasteiger partial charge on any atom is -0.287 e. The Hall–Kier alpha value is -1.22. The Labute approximate surface area is 76.6 Å². The van der Waals surface area contributed by atoms with Crippen LogP contribution in [-0.2, 0) is 9.68 Å². The molecule has 0 radical (unpaired) electrons. The second-order valence-electron chi connectivity index (χ2n) is 1.97. The fourth-order valence-electron chi connectivity index (χ4n) is 0.583.